The van der Waals surface area contributed by atoms with Gasteiger partial charge in [-0.3, -0.25) is 4.79 Å². The van der Waals surface area contributed by atoms with Crippen LogP contribution in [0.2, 0.25) is 0 Å². The lowest BCUT2D eigenvalue weighted by Gasteiger charge is -2.24. The Bertz CT molecular complexity index is 1700. The standard InChI is InChI=1S/C33H33N3O4/c1-20-30(33(38)35-24(19-37)15-23-18-34-27-12-8-7-11-25(23)27)32(21-9-5-4-6-10-21)36-14-13-22-16-28(39-2)29(40-3)17-26(22)31(20)36/h4-12,16-18,24,34,37H,13-15,19H2,1-3H3,(H,35,38)/t24-/m1/s1. The fourth-order valence-corrected chi connectivity index (χ4v) is 6.06. The lowest BCUT2D eigenvalue weighted by Crippen LogP contribution is -2.39. The molecule has 1 aliphatic rings. The summed E-state index contributed by atoms with van der Waals surface area (Å²) >= 11 is 0. The SMILES string of the molecule is COc1cc2c(cc1OC)-c1c(C)c(C(=O)N[C@@H](CO)Cc3c[nH]c4ccccc34)c(-c3ccccc3)n1CC2. The van der Waals surface area contributed by atoms with E-state index in [9.17, 15) is 9.90 Å². The van der Waals surface area contributed by atoms with Gasteiger partial charge in [0.2, 0.25) is 0 Å². The molecule has 5 aromatic rings. The average Bonchev–Trinajstić information content (AvgIpc) is 3.54. The number of aromatic amines is 1. The molecule has 1 aliphatic heterocycles. The molecule has 40 heavy (non-hydrogen) atoms. The number of aromatic nitrogens is 2. The zero-order chi connectivity index (χ0) is 27.8. The molecular weight excluding hydrogens is 502 g/mol. The molecule has 0 saturated heterocycles. The van der Waals surface area contributed by atoms with Gasteiger partial charge in [0.05, 0.1) is 43.8 Å². The minimum Gasteiger partial charge on any atom is -0.493 e. The molecule has 0 aliphatic carbocycles. The van der Waals surface area contributed by atoms with Crippen LogP contribution in [0, 0.1) is 6.92 Å². The second-order valence-electron chi connectivity index (χ2n) is 10.2. The van der Waals surface area contributed by atoms with Gasteiger partial charge in [0.15, 0.2) is 11.5 Å². The topological polar surface area (TPSA) is 88.5 Å². The van der Waals surface area contributed by atoms with Crippen LogP contribution in [0.1, 0.15) is 27.0 Å². The maximum absolute atomic E-state index is 14.1. The van der Waals surface area contributed by atoms with Gasteiger partial charge >= 0.3 is 0 Å². The summed E-state index contributed by atoms with van der Waals surface area (Å²) in [5.41, 5.74) is 8.67. The van der Waals surface area contributed by atoms with Crippen molar-refractivity contribution in [2.45, 2.75) is 32.4 Å². The number of benzene rings is 3. The van der Waals surface area contributed by atoms with Crippen LogP contribution < -0.4 is 14.8 Å². The van der Waals surface area contributed by atoms with Crippen molar-refractivity contribution in [1.82, 2.24) is 14.9 Å². The molecule has 1 amide bonds. The molecule has 204 valence electrons. The largest absolute Gasteiger partial charge is 0.493 e. The zero-order valence-electron chi connectivity index (χ0n) is 23.0. The van der Waals surface area contributed by atoms with Crippen molar-refractivity contribution < 1.29 is 19.4 Å². The number of aliphatic hydroxyl groups excluding tert-OH is 1. The molecule has 3 N–H and O–H groups in total. The summed E-state index contributed by atoms with van der Waals surface area (Å²) in [5, 5.41) is 14.5. The molecule has 2 aromatic heterocycles. The van der Waals surface area contributed by atoms with Crippen molar-refractivity contribution in [3.8, 4) is 34.0 Å². The van der Waals surface area contributed by atoms with E-state index in [0.717, 1.165) is 63.1 Å². The number of aryl methyl sites for hydroxylation is 1. The quantitative estimate of drug-likeness (QED) is 0.244. The van der Waals surface area contributed by atoms with E-state index in [1.165, 1.54) is 0 Å². The van der Waals surface area contributed by atoms with Crippen molar-refractivity contribution >= 4 is 16.8 Å². The third-order valence-corrected chi connectivity index (χ3v) is 7.95. The van der Waals surface area contributed by atoms with Crippen molar-refractivity contribution in [3.63, 3.8) is 0 Å². The summed E-state index contributed by atoms with van der Waals surface area (Å²) in [6, 6.07) is 21.7. The highest BCUT2D eigenvalue weighted by Crippen LogP contribution is 2.44. The lowest BCUT2D eigenvalue weighted by atomic mass is 9.95. The molecule has 0 bridgehead atoms. The van der Waals surface area contributed by atoms with Gasteiger partial charge < -0.3 is 29.4 Å². The molecule has 7 heteroatoms. The molecule has 6 rings (SSSR count). The number of nitrogens with zero attached hydrogens (tertiary/aromatic N) is 1. The highest BCUT2D eigenvalue weighted by atomic mass is 16.5. The third kappa shape index (κ3) is 4.32. The Balaban J connectivity index is 1.43. The summed E-state index contributed by atoms with van der Waals surface area (Å²) in [4.78, 5) is 17.4. The first-order valence-electron chi connectivity index (χ1n) is 13.5. The van der Waals surface area contributed by atoms with Crippen LogP contribution in [0.4, 0.5) is 0 Å². The van der Waals surface area contributed by atoms with Crippen molar-refractivity contribution in [1.29, 1.82) is 0 Å². The first-order valence-corrected chi connectivity index (χ1v) is 13.5. The molecule has 0 unspecified atom stereocenters. The maximum atomic E-state index is 14.1. The molecule has 7 nitrogen and oxygen atoms in total. The molecule has 0 fully saturated rings. The van der Waals surface area contributed by atoms with Crippen LogP contribution in [-0.4, -0.2) is 47.4 Å². The van der Waals surface area contributed by atoms with E-state index < -0.39 is 6.04 Å². The summed E-state index contributed by atoms with van der Waals surface area (Å²) in [6.45, 7) is 2.57. The van der Waals surface area contributed by atoms with Crippen LogP contribution in [-0.2, 0) is 19.4 Å². The number of hydrogen-bond acceptors (Lipinski definition) is 4. The summed E-state index contributed by atoms with van der Waals surface area (Å²) in [6.07, 6.45) is 3.27. The smallest absolute Gasteiger partial charge is 0.254 e. The Labute approximate surface area is 233 Å². The van der Waals surface area contributed by atoms with Crippen molar-refractivity contribution in [2.24, 2.45) is 0 Å². The minimum absolute atomic E-state index is 0.168. The van der Waals surface area contributed by atoms with Crippen LogP contribution >= 0.6 is 0 Å². The Morgan fingerprint density at radius 2 is 1.75 bits per heavy atom. The Morgan fingerprint density at radius 1 is 1.02 bits per heavy atom. The molecule has 3 heterocycles. The van der Waals surface area contributed by atoms with E-state index in [4.69, 9.17) is 9.47 Å². The van der Waals surface area contributed by atoms with Gasteiger partial charge in [-0.05, 0) is 60.2 Å². The van der Waals surface area contributed by atoms with Gasteiger partial charge in [-0.1, -0.05) is 48.5 Å². The van der Waals surface area contributed by atoms with Gasteiger partial charge in [0, 0.05) is 29.2 Å². The second kappa shape index (κ2) is 10.6. The van der Waals surface area contributed by atoms with Gasteiger partial charge in [0.25, 0.3) is 5.91 Å². The number of hydrogen-bond donors (Lipinski definition) is 3. The van der Waals surface area contributed by atoms with E-state index in [1.54, 1.807) is 14.2 Å². The monoisotopic (exact) mass is 535 g/mol. The number of aliphatic hydroxyl groups is 1. The molecule has 0 radical (unpaired) electrons. The third-order valence-electron chi connectivity index (χ3n) is 7.95. The Kier molecular flexibility index (Phi) is 6.82. The van der Waals surface area contributed by atoms with E-state index in [2.05, 4.69) is 20.9 Å². The van der Waals surface area contributed by atoms with E-state index in [-0.39, 0.29) is 12.5 Å². The van der Waals surface area contributed by atoms with E-state index in [1.807, 2.05) is 73.8 Å². The first-order chi connectivity index (χ1) is 19.5. The Morgan fingerprint density at radius 3 is 2.50 bits per heavy atom. The number of H-pyrrole nitrogens is 1. The highest BCUT2D eigenvalue weighted by molar-refractivity contribution is 6.04. The molecule has 1 atom stereocenters. The first kappa shape index (κ1) is 25.8. The molecule has 0 spiro atoms. The minimum atomic E-state index is -0.441. The molecule has 3 aromatic carbocycles. The van der Waals surface area contributed by atoms with E-state index in [0.29, 0.717) is 23.5 Å². The molecule has 0 saturated carbocycles. The van der Waals surface area contributed by atoms with Crippen molar-refractivity contribution in [3.05, 3.63) is 95.2 Å². The van der Waals surface area contributed by atoms with E-state index >= 15 is 0 Å². The number of amides is 1. The fourth-order valence-electron chi connectivity index (χ4n) is 6.06. The maximum Gasteiger partial charge on any atom is 0.254 e. The van der Waals surface area contributed by atoms with Gasteiger partial charge in [0.1, 0.15) is 0 Å². The number of carbonyl (C=O) groups excluding carboxylic acids is 1. The Hall–Kier alpha value is -4.49. The van der Waals surface area contributed by atoms with Gasteiger partial charge in [-0.2, -0.15) is 0 Å². The van der Waals surface area contributed by atoms with Crippen LogP contribution in [0.15, 0.2) is 72.9 Å². The summed E-state index contributed by atoms with van der Waals surface area (Å²) < 4.78 is 13.4. The number of methoxy groups -OCH3 is 2. The number of fused-ring (bicyclic) bond motifs is 4. The lowest BCUT2D eigenvalue weighted by molar-refractivity contribution is 0.0916. The van der Waals surface area contributed by atoms with Gasteiger partial charge in [-0.15, -0.1) is 0 Å². The van der Waals surface area contributed by atoms with Crippen LogP contribution in [0.25, 0.3) is 33.4 Å². The predicted molar refractivity (Wildman–Crippen MR) is 157 cm³/mol. The van der Waals surface area contributed by atoms with Crippen molar-refractivity contribution in [2.75, 3.05) is 20.8 Å². The normalized spacial score (nSPS) is 13.0. The summed E-state index contributed by atoms with van der Waals surface area (Å²) in [5.74, 6) is 1.16. The van der Waals surface area contributed by atoms with Gasteiger partial charge in [-0.25, -0.2) is 0 Å². The summed E-state index contributed by atoms with van der Waals surface area (Å²) in [7, 11) is 3.28. The number of ether oxygens (including phenoxy) is 2. The zero-order valence-corrected chi connectivity index (χ0v) is 23.0. The number of carbonyl (C=O) groups is 1. The fraction of sp³-hybridized carbons (Fsp3) is 0.242. The van der Waals surface area contributed by atoms with Crippen LogP contribution in [0.3, 0.4) is 0 Å². The predicted octanol–water partition coefficient (Wildman–Crippen LogP) is 5.52. The highest BCUT2D eigenvalue weighted by Gasteiger charge is 2.31. The number of rotatable bonds is 8. The van der Waals surface area contributed by atoms with Crippen LogP contribution in [0.5, 0.6) is 11.5 Å². The number of nitrogens with one attached hydrogen (secondary N) is 2. The average molecular weight is 536 g/mol. The molecular formula is C33H33N3O4. The second-order valence-corrected chi connectivity index (χ2v) is 10.2. The number of para-hydroxylation sites is 1.